The number of nitrogen functional groups attached to an aromatic ring is 1. The van der Waals surface area contributed by atoms with Crippen LogP contribution in [0.25, 0.3) is 0 Å². The van der Waals surface area contributed by atoms with Gasteiger partial charge in [-0.2, -0.15) is 0 Å². The van der Waals surface area contributed by atoms with Gasteiger partial charge in [-0.25, -0.2) is 0 Å². The Morgan fingerprint density at radius 2 is 1.95 bits per heavy atom. The summed E-state index contributed by atoms with van der Waals surface area (Å²) in [5.74, 6) is 0.406. The zero-order chi connectivity index (χ0) is 14.1. The highest BCUT2D eigenvalue weighted by Crippen LogP contribution is 2.40. The van der Waals surface area contributed by atoms with Gasteiger partial charge in [0.15, 0.2) is 0 Å². The highest BCUT2D eigenvalue weighted by Gasteiger charge is 2.39. The lowest BCUT2D eigenvalue weighted by Crippen LogP contribution is -2.26. The van der Waals surface area contributed by atoms with Crippen molar-refractivity contribution >= 4 is 11.6 Å². The van der Waals surface area contributed by atoms with Gasteiger partial charge in [0.1, 0.15) is 0 Å². The summed E-state index contributed by atoms with van der Waals surface area (Å²) in [5.41, 5.74) is 9.42. The quantitative estimate of drug-likeness (QED) is 0.839. The third-order valence-corrected chi connectivity index (χ3v) is 3.88. The number of nitrogens with one attached hydrogen (secondary N) is 1. The maximum absolute atomic E-state index is 12.2. The van der Waals surface area contributed by atoms with Gasteiger partial charge in [0.2, 0.25) is 0 Å². The molecule has 3 N–H and O–H groups in total. The van der Waals surface area contributed by atoms with Crippen LogP contribution in [0.2, 0.25) is 0 Å². The number of nitrogens with two attached hydrogens (primary N) is 1. The molecule has 3 heteroatoms. The molecule has 1 aliphatic rings. The molecule has 20 heavy (non-hydrogen) atoms. The molecule has 1 amide bonds. The number of anilines is 1. The average Bonchev–Trinajstić information content (AvgIpc) is 3.22. The van der Waals surface area contributed by atoms with E-state index in [0.29, 0.717) is 17.2 Å². The molecule has 1 fully saturated rings. The van der Waals surface area contributed by atoms with E-state index in [4.69, 9.17) is 5.73 Å². The monoisotopic (exact) mass is 266 g/mol. The number of carbonyl (C=O) groups excluding carboxylic acids is 1. The van der Waals surface area contributed by atoms with Crippen LogP contribution in [0.4, 0.5) is 5.69 Å². The molecule has 1 aliphatic carbocycles. The maximum atomic E-state index is 12.2. The summed E-state index contributed by atoms with van der Waals surface area (Å²) >= 11 is 0. The normalized spacial score (nSPS) is 20.4. The topological polar surface area (TPSA) is 55.1 Å². The van der Waals surface area contributed by atoms with Crippen LogP contribution in [0.5, 0.6) is 0 Å². The third-order valence-electron chi connectivity index (χ3n) is 3.88. The molecule has 0 heterocycles. The summed E-state index contributed by atoms with van der Waals surface area (Å²) in [5, 5.41) is 3.07. The van der Waals surface area contributed by atoms with Crippen molar-refractivity contribution in [3.63, 3.8) is 0 Å². The summed E-state index contributed by atoms with van der Waals surface area (Å²) in [7, 11) is 0. The predicted octanol–water partition coefficient (Wildman–Crippen LogP) is 2.86. The molecule has 102 valence electrons. The minimum absolute atomic E-state index is 0.0415. The Labute approximate surface area is 118 Å². The van der Waals surface area contributed by atoms with Gasteiger partial charge in [-0.15, -0.1) is 0 Å². The first-order chi connectivity index (χ1) is 9.65. The highest BCUT2D eigenvalue weighted by atomic mass is 16.1. The minimum atomic E-state index is -0.0415. The van der Waals surface area contributed by atoms with Gasteiger partial charge in [0.05, 0.1) is 0 Å². The van der Waals surface area contributed by atoms with Gasteiger partial charge in [-0.1, -0.05) is 36.4 Å². The molecule has 0 spiro atoms. The molecule has 2 aromatic carbocycles. The standard InChI is InChI=1S/C17H18N2O/c1-11-7-8-13(9-15(11)18)17(20)19-16-10-14(16)12-5-3-2-4-6-12/h2-9,14,16H,10,18H2,1H3,(H,19,20). The summed E-state index contributed by atoms with van der Waals surface area (Å²) in [6.07, 6.45) is 1.01. The molecule has 0 saturated heterocycles. The fourth-order valence-electron chi connectivity index (χ4n) is 2.46. The summed E-state index contributed by atoms with van der Waals surface area (Å²) < 4.78 is 0. The van der Waals surface area contributed by atoms with E-state index in [-0.39, 0.29) is 11.9 Å². The van der Waals surface area contributed by atoms with Crippen LogP contribution < -0.4 is 11.1 Å². The van der Waals surface area contributed by atoms with E-state index in [9.17, 15) is 4.79 Å². The number of hydrogen-bond donors (Lipinski definition) is 2. The van der Waals surface area contributed by atoms with Crippen molar-refractivity contribution < 1.29 is 4.79 Å². The van der Waals surface area contributed by atoms with Crippen LogP contribution in [0.3, 0.4) is 0 Å². The number of benzene rings is 2. The Morgan fingerprint density at radius 1 is 1.20 bits per heavy atom. The molecule has 3 rings (SSSR count). The van der Waals surface area contributed by atoms with Crippen molar-refractivity contribution in [3.8, 4) is 0 Å². The van der Waals surface area contributed by atoms with Gasteiger partial charge in [-0.05, 0) is 36.6 Å². The van der Waals surface area contributed by atoms with E-state index in [2.05, 4.69) is 17.4 Å². The summed E-state index contributed by atoms with van der Waals surface area (Å²) in [6.45, 7) is 1.93. The predicted molar refractivity (Wildman–Crippen MR) is 80.6 cm³/mol. The number of amides is 1. The molecule has 0 radical (unpaired) electrons. The fraction of sp³-hybridized carbons (Fsp3) is 0.235. The lowest BCUT2D eigenvalue weighted by Gasteiger charge is -2.07. The average molecular weight is 266 g/mol. The van der Waals surface area contributed by atoms with Crippen molar-refractivity contribution in [2.45, 2.75) is 25.3 Å². The number of rotatable bonds is 3. The second-order valence-electron chi connectivity index (χ2n) is 5.40. The Kier molecular flexibility index (Phi) is 3.18. The largest absolute Gasteiger partial charge is 0.398 e. The summed E-state index contributed by atoms with van der Waals surface area (Å²) in [6, 6.07) is 16.0. The molecule has 0 bridgehead atoms. The molecule has 0 aromatic heterocycles. The second-order valence-corrected chi connectivity index (χ2v) is 5.40. The Balaban J connectivity index is 1.65. The lowest BCUT2D eigenvalue weighted by atomic mass is 10.1. The van der Waals surface area contributed by atoms with Crippen molar-refractivity contribution in [3.05, 3.63) is 65.2 Å². The molecule has 0 aliphatic heterocycles. The van der Waals surface area contributed by atoms with E-state index in [1.54, 1.807) is 6.07 Å². The van der Waals surface area contributed by atoms with Crippen LogP contribution in [0, 0.1) is 6.92 Å². The zero-order valence-corrected chi connectivity index (χ0v) is 11.5. The molecular weight excluding hydrogens is 248 g/mol. The second kappa shape index (κ2) is 5.00. The van der Waals surface area contributed by atoms with E-state index >= 15 is 0 Å². The van der Waals surface area contributed by atoms with Crippen LogP contribution in [0.1, 0.15) is 33.8 Å². The smallest absolute Gasteiger partial charge is 0.251 e. The zero-order valence-electron chi connectivity index (χ0n) is 11.5. The fourth-order valence-corrected chi connectivity index (χ4v) is 2.46. The summed E-state index contributed by atoms with van der Waals surface area (Å²) in [4.78, 5) is 12.2. The van der Waals surface area contributed by atoms with Crippen molar-refractivity contribution in [2.75, 3.05) is 5.73 Å². The lowest BCUT2D eigenvalue weighted by molar-refractivity contribution is 0.0950. The van der Waals surface area contributed by atoms with Gasteiger partial charge >= 0.3 is 0 Å². The number of hydrogen-bond acceptors (Lipinski definition) is 2. The molecule has 2 atom stereocenters. The van der Waals surface area contributed by atoms with Crippen molar-refractivity contribution in [2.24, 2.45) is 0 Å². The first-order valence-corrected chi connectivity index (χ1v) is 6.87. The van der Waals surface area contributed by atoms with Crippen LogP contribution in [-0.4, -0.2) is 11.9 Å². The van der Waals surface area contributed by atoms with Gasteiger partial charge in [0, 0.05) is 23.2 Å². The van der Waals surface area contributed by atoms with E-state index in [1.165, 1.54) is 5.56 Å². The van der Waals surface area contributed by atoms with Gasteiger partial charge in [0.25, 0.3) is 5.91 Å². The maximum Gasteiger partial charge on any atom is 0.251 e. The highest BCUT2D eigenvalue weighted by molar-refractivity contribution is 5.95. The van der Waals surface area contributed by atoms with E-state index in [0.717, 1.165) is 12.0 Å². The number of aryl methyl sites for hydroxylation is 1. The van der Waals surface area contributed by atoms with E-state index < -0.39 is 0 Å². The Hall–Kier alpha value is -2.29. The Bertz CT molecular complexity index is 637. The Morgan fingerprint density at radius 3 is 2.65 bits per heavy atom. The number of carbonyl (C=O) groups is 1. The third kappa shape index (κ3) is 2.52. The molecular formula is C17H18N2O. The van der Waals surface area contributed by atoms with Crippen LogP contribution in [0.15, 0.2) is 48.5 Å². The van der Waals surface area contributed by atoms with Gasteiger partial charge in [-0.3, -0.25) is 4.79 Å². The molecule has 1 saturated carbocycles. The van der Waals surface area contributed by atoms with Gasteiger partial charge < -0.3 is 11.1 Å². The first kappa shape index (κ1) is 12.7. The van der Waals surface area contributed by atoms with E-state index in [1.807, 2.05) is 37.3 Å². The molecule has 3 nitrogen and oxygen atoms in total. The van der Waals surface area contributed by atoms with Crippen LogP contribution >= 0.6 is 0 Å². The molecule has 2 aromatic rings. The van der Waals surface area contributed by atoms with Crippen molar-refractivity contribution in [1.82, 2.24) is 5.32 Å². The minimum Gasteiger partial charge on any atom is -0.398 e. The SMILES string of the molecule is Cc1ccc(C(=O)NC2CC2c2ccccc2)cc1N. The van der Waals surface area contributed by atoms with Crippen LogP contribution in [-0.2, 0) is 0 Å². The van der Waals surface area contributed by atoms with Crippen molar-refractivity contribution in [1.29, 1.82) is 0 Å². The molecule has 2 unspecified atom stereocenters. The first-order valence-electron chi connectivity index (χ1n) is 6.87.